The van der Waals surface area contributed by atoms with Gasteiger partial charge in [0.15, 0.2) is 0 Å². The standard InChI is InChI=1S/C29H37N3O5/c1-8-10-19-32(27(34)20(3)30-28(35)37-29(4,5)6)25(22-13-11-21(9-2)12-14-22)26(33)31-23-15-17-24(36-7)18-16-23/h2,11-18,20,25H,8,10,19H2,1,3-7H3,(H,30,35)(H,31,33). The van der Waals surface area contributed by atoms with Crippen LogP contribution in [0.3, 0.4) is 0 Å². The highest BCUT2D eigenvalue weighted by Crippen LogP contribution is 2.26. The van der Waals surface area contributed by atoms with E-state index in [-0.39, 0.29) is 0 Å². The maximum Gasteiger partial charge on any atom is 0.408 e. The lowest BCUT2D eigenvalue weighted by Crippen LogP contribution is -2.51. The summed E-state index contributed by atoms with van der Waals surface area (Å²) in [5.74, 6) is 2.41. The fourth-order valence-corrected chi connectivity index (χ4v) is 3.61. The molecule has 8 nitrogen and oxygen atoms in total. The molecule has 3 amide bonds. The summed E-state index contributed by atoms with van der Waals surface area (Å²) >= 11 is 0. The number of methoxy groups -OCH3 is 1. The number of terminal acetylenes is 1. The smallest absolute Gasteiger partial charge is 0.408 e. The van der Waals surface area contributed by atoms with E-state index in [0.29, 0.717) is 35.5 Å². The Hall–Kier alpha value is -3.99. The van der Waals surface area contributed by atoms with E-state index in [1.807, 2.05) is 6.92 Å². The summed E-state index contributed by atoms with van der Waals surface area (Å²) in [7, 11) is 1.56. The highest BCUT2D eigenvalue weighted by Gasteiger charge is 2.34. The summed E-state index contributed by atoms with van der Waals surface area (Å²) in [5, 5.41) is 5.50. The molecule has 0 fully saturated rings. The average Bonchev–Trinajstić information content (AvgIpc) is 2.85. The van der Waals surface area contributed by atoms with Gasteiger partial charge in [-0.15, -0.1) is 6.42 Å². The van der Waals surface area contributed by atoms with Crippen LogP contribution in [0.4, 0.5) is 10.5 Å². The Morgan fingerprint density at radius 1 is 1.05 bits per heavy atom. The molecule has 0 saturated carbocycles. The van der Waals surface area contributed by atoms with Gasteiger partial charge in [0.25, 0.3) is 5.91 Å². The first-order valence-corrected chi connectivity index (χ1v) is 12.3. The summed E-state index contributed by atoms with van der Waals surface area (Å²) in [4.78, 5) is 41.2. The number of benzene rings is 2. The largest absolute Gasteiger partial charge is 0.497 e. The zero-order valence-corrected chi connectivity index (χ0v) is 22.5. The number of hydrogen-bond donors (Lipinski definition) is 2. The normalized spacial score (nSPS) is 12.5. The minimum absolute atomic E-state index is 0.313. The van der Waals surface area contributed by atoms with Gasteiger partial charge in [-0.05, 0) is 76.1 Å². The van der Waals surface area contributed by atoms with Crippen LogP contribution in [0.5, 0.6) is 5.75 Å². The van der Waals surface area contributed by atoms with E-state index >= 15 is 0 Å². The van der Waals surface area contributed by atoms with Crippen molar-refractivity contribution in [2.45, 2.75) is 65.1 Å². The zero-order chi connectivity index (χ0) is 27.6. The monoisotopic (exact) mass is 507 g/mol. The number of alkyl carbamates (subject to hydrolysis) is 1. The highest BCUT2D eigenvalue weighted by molar-refractivity contribution is 5.99. The van der Waals surface area contributed by atoms with Crippen LogP contribution < -0.4 is 15.4 Å². The lowest BCUT2D eigenvalue weighted by molar-refractivity contribution is -0.140. The van der Waals surface area contributed by atoms with Crippen molar-refractivity contribution in [1.82, 2.24) is 10.2 Å². The van der Waals surface area contributed by atoms with E-state index in [4.69, 9.17) is 15.9 Å². The van der Waals surface area contributed by atoms with Crippen molar-refractivity contribution in [3.8, 4) is 18.1 Å². The second kappa shape index (κ2) is 13.4. The first-order chi connectivity index (χ1) is 17.5. The van der Waals surface area contributed by atoms with Crippen LogP contribution in [0.15, 0.2) is 48.5 Å². The van der Waals surface area contributed by atoms with Crippen LogP contribution in [0.25, 0.3) is 0 Å². The van der Waals surface area contributed by atoms with Crippen LogP contribution in [0.2, 0.25) is 0 Å². The van der Waals surface area contributed by atoms with Gasteiger partial charge in [-0.2, -0.15) is 0 Å². The lowest BCUT2D eigenvalue weighted by Gasteiger charge is -2.33. The fourth-order valence-electron chi connectivity index (χ4n) is 3.61. The maximum absolute atomic E-state index is 13.7. The molecule has 0 saturated heterocycles. The molecule has 2 aromatic rings. The van der Waals surface area contributed by atoms with Crippen LogP contribution in [-0.2, 0) is 14.3 Å². The summed E-state index contributed by atoms with van der Waals surface area (Å²) in [6.45, 7) is 9.11. The molecule has 0 aliphatic rings. The fraction of sp³-hybridized carbons (Fsp3) is 0.414. The number of carbonyl (C=O) groups excluding carboxylic acids is 3. The minimum Gasteiger partial charge on any atom is -0.497 e. The van der Waals surface area contributed by atoms with Crippen molar-refractivity contribution in [3.05, 3.63) is 59.7 Å². The van der Waals surface area contributed by atoms with E-state index in [2.05, 4.69) is 16.6 Å². The van der Waals surface area contributed by atoms with Crippen molar-refractivity contribution in [2.75, 3.05) is 19.0 Å². The third-order valence-electron chi connectivity index (χ3n) is 5.45. The van der Waals surface area contributed by atoms with Crippen LogP contribution in [0, 0.1) is 12.3 Å². The topological polar surface area (TPSA) is 97.0 Å². The van der Waals surface area contributed by atoms with E-state index in [1.165, 1.54) is 4.90 Å². The summed E-state index contributed by atoms with van der Waals surface area (Å²) in [6.07, 6.45) is 6.27. The molecule has 2 N–H and O–H groups in total. The molecule has 0 aliphatic heterocycles. The van der Waals surface area contributed by atoms with E-state index < -0.39 is 35.6 Å². The number of hydrogen-bond acceptors (Lipinski definition) is 5. The van der Waals surface area contributed by atoms with Crippen molar-refractivity contribution < 1.29 is 23.9 Å². The second-order valence-corrected chi connectivity index (χ2v) is 9.64. The molecule has 2 rings (SSSR count). The van der Waals surface area contributed by atoms with Gasteiger partial charge < -0.3 is 25.0 Å². The Kier molecular flexibility index (Phi) is 10.6. The number of nitrogens with one attached hydrogen (secondary N) is 2. The zero-order valence-electron chi connectivity index (χ0n) is 22.5. The lowest BCUT2D eigenvalue weighted by atomic mass is 10.0. The van der Waals surface area contributed by atoms with Crippen molar-refractivity contribution >= 4 is 23.6 Å². The first-order valence-electron chi connectivity index (χ1n) is 12.3. The molecule has 8 heteroatoms. The molecule has 0 aliphatic carbocycles. The molecular weight excluding hydrogens is 470 g/mol. The number of unbranched alkanes of at least 4 members (excludes halogenated alkanes) is 1. The van der Waals surface area contributed by atoms with Gasteiger partial charge in [0.05, 0.1) is 7.11 Å². The molecule has 2 unspecified atom stereocenters. The first kappa shape index (κ1) is 29.2. The van der Waals surface area contributed by atoms with E-state index in [9.17, 15) is 14.4 Å². The third kappa shape index (κ3) is 8.87. The average molecular weight is 508 g/mol. The Morgan fingerprint density at radius 3 is 2.19 bits per heavy atom. The number of anilines is 1. The van der Waals surface area contributed by atoms with Crippen molar-refractivity contribution in [3.63, 3.8) is 0 Å². The predicted molar refractivity (Wildman–Crippen MR) is 144 cm³/mol. The molecule has 0 aromatic heterocycles. The summed E-state index contributed by atoms with van der Waals surface area (Å²) in [6, 6.07) is 12.0. The van der Waals surface area contributed by atoms with Gasteiger partial charge in [-0.1, -0.05) is 31.4 Å². The van der Waals surface area contributed by atoms with Gasteiger partial charge in [0, 0.05) is 17.8 Å². The number of rotatable bonds is 10. The second-order valence-electron chi connectivity index (χ2n) is 9.64. The molecular formula is C29H37N3O5. The van der Waals surface area contributed by atoms with Gasteiger partial charge in [0.1, 0.15) is 23.4 Å². The number of carbonyl (C=O) groups is 3. The molecule has 2 aromatic carbocycles. The van der Waals surface area contributed by atoms with Crippen LogP contribution in [0.1, 0.15) is 64.6 Å². The van der Waals surface area contributed by atoms with E-state index in [1.54, 1.807) is 83.3 Å². The molecule has 0 heterocycles. The Morgan fingerprint density at radius 2 is 1.68 bits per heavy atom. The molecule has 2 atom stereocenters. The quantitative estimate of drug-likeness (QED) is 0.446. The number of ether oxygens (including phenoxy) is 2. The summed E-state index contributed by atoms with van der Waals surface area (Å²) in [5.41, 5.74) is 1.09. The molecule has 0 bridgehead atoms. The van der Waals surface area contributed by atoms with Gasteiger partial charge in [0.2, 0.25) is 5.91 Å². The Balaban J connectivity index is 2.42. The highest BCUT2D eigenvalue weighted by atomic mass is 16.6. The number of nitrogens with zero attached hydrogens (tertiary/aromatic N) is 1. The van der Waals surface area contributed by atoms with Crippen molar-refractivity contribution in [1.29, 1.82) is 0 Å². The molecule has 37 heavy (non-hydrogen) atoms. The van der Waals surface area contributed by atoms with Crippen molar-refractivity contribution in [2.24, 2.45) is 0 Å². The molecule has 0 radical (unpaired) electrons. The Bertz CT molecular complexity index is 1100. The third-order valence-corrected chi connectivity index (χ3v) is 5.45. The van der Waals surface area contributed by atoms with E-state index in [0.717, 1.165) is 6.42 Å². The van der Waals surface area contributed by atoms with Crippen LogP contribution >= 0.6 is 0 Å². The molecule has 0 spiro atoms. The minimum atomic E-state index is -0.962. The SMILES string of the molecule is C#Cc1ccc(C(C(=O)Nc2ccc(OC)cc2)N(CCCC)C(=O)C(C)NC(=O)OC(C)(C)C)cc1. The molecule has 198 valence electrons. The summed E-state index contributed by atoms with van der Waals surface area (Å²) < 4.78 is 10.5. The Labute approximate surface area is 219 Å². The number of amides is 3. The van der Waals surface area contributed by atoms with Gasteiger partial charge in [-0.25, -0.2) is 4.79 Å². The van der Waals surface area contributed by atoms with Crippen LogP contribution in [-0.4, -0.2) is 48.1 Å². The predicted octanol–water partition coefficient (Wildman–Crippen LogP) is 4.90. The van der Waals surface area contributed by atoms with Gasteiger partial charge in [-0.3, -0.25) is 9.59 Å². The van der Waals surface area contributed by atoms with Gasteiger partial charge >= 0.3 is 6.09 Å². The maximum atomic E-state index is 13.7.